The lowest BCUT2D eigenvalue weighted by Crippen LogP contribution is -2.20. The highest BCUT2D eigenvalue weighted by atomic mass is 15.2. The molecular formula is C17H24N4. The number of nitrogens with one attached hydrogen (secondary N) is 1. The Morgan fingerprint density at radius 1 is 1.19 bits per heavy atom. The Bertz CT molecular complexity index is 554. The van der Waals surface area contributed by atoms with Crippen molar-refractivity contribution in [3.63, 3.8) is 0 Å². The molecular weight excluding hydrogens is 260 g/mol. The van der Waals surface area contributed by atoms with E-state index in [9.17, 15) is 0 Å². The maximum absolute atomic E-state index is 4.71. The molecule has 0 aliphatic rings. The Morgan fingerprint density at radius 2 is 2.05 bits per heavy atom. The Kier molecular flexibility index (Phi) is 5.69. The fraction of sp³-hybridized carbons (Fsp3) is 0.412. The topological polar surface area (TPSA) is 41.0 Å². The molecule has 0 saturated heterocycles. The van der Waals surface area contributed by atoms with E-state index < -0.39 is 0 Å². The van der Waals surface area contributed by atoms with E-state index in [1.54, 1.807) is 0 Å². The fourth-order valence-electron chi connectivity index (χ4n) is 2.19. The van der Waals surface area contributed by atoms with Crippen molar-refractivity contribution in [2.24, 2.45) is 0 Å². The summed E-state index contributed by atoms with van der Waals surface area (Å²) in [4.78, 5) is 11.2. The van der Waals surface area contributed by atoms with E-state index in [-0.39, 0.29) is 0 Å². The standard InChI is InChI=1S/C17H24N4/c1-4-10-18-12-15-8-9-17(20-14(15)2)21(3)13-16-7-5-6-11-19-16/h5-9,11,18H,4,10,12-13H2,1-3H3. The Labute approximate surface area is 127 Å². The Hall–Kier alpha value is -1.94. The summed E-state index contributed by atoms with van der Waals surface area (Å²) in [7, 11) is 2.05. The lowest BCUT2D eigenvalue weighted by Gasteiger charge is -2.19. The zero-order valence-corrected chi connectivity index (χ0v) is 13.1. The molecule has 0 aromatic carbocycles. The van der Waals surface area contributed by atoms with Crippen LogP contribution in [0.15, 0.2) is 36.5 Å². The summed E-state index contributed by atoms with van der Waals surface area (Å²) < 4.78 is 0. The van der Waals surface area contributed by atoms with Crippen LogP contribution in [0.4, 0.5) is 5.82 Å². The van der Waals surface area contributed by atoms with E-state index in [1.165, 1.54) is 5.56 Å². The molecule has 0 unspecified atom stereocenters. The van der Waals surface area contributed by atoms with Crippen LogP contribution in [-0.4, -0.2) is 23.6 Å². The molecule has 4 nitrogen and oxygen atoms in total. The molecule has 0 fully saturated rings. The molecule has 0 bridgehead atoms. The molecule has 2 heterocycles. The summed E-state index contributed by atoms with van der Waals surface area (Å²) >= 11 is 0. The summed E-state index contributed by atoms with van der Waals surface area (Å²) in [5.41, 5.74) is 3.40. The molecule has 0 amide bonds. The predicted molar refractivity (Wildman–Crippen MR) is 87.3 cm³/mol. The first-order valence-corrected chi connectivity index (χ1v) is 7.49. The van der Waals surface area contributed by atoms with Gasteiger partial charge in [0, 0.05) is 25.5 Å². The van der Waals surface area contributed by atoms with Crippen molar-refractivity contribution in [2.45, 2.75) is 33.4 Å². The van der Waals surface area contributed by atoms with Crippen LogP contribution in [0.5, 0.6) is 0 Å². The highest BCUT2D eigenvalue weighted by molar-refractivity contribution is 5.41. The van der Waals surface area contributed by atoms with Crippen LogP contribution in [0, 0.1) is 6.92 Å². The first-order valence-electron chi connectivity index (χ1n) is 7.49. The molecule has 2 aromatic heterocycles. The molecule has 4 heteroatoms. The van der Waals surface area contributed by atoms with Gasteiger partial charge in [-0.25, -0.2) is 4.98 Å². The zero-order valence-electron chi connectivity index (χ0n) is 13.1. The van der Waals surface area contributed by atoms with Crippen LogP contribution < -0.4 is 10.2 Å². The third kappa shape index (κ3) is 4.53. The quantitative estimate of drug-likeness (QED) is 0.794. The highest BCUT2D eigenvalue weighted by Gasteiger charge is 2.07. The largest absolute Gasteiger partial charge is 0.354 e. The van der Waals surface area contributed by atoms with E-state index in [1.807, 2.05) is 31.4 Å². The van der Waals surface area contributed by atoms with Gasteiger partial charge in [0.15, 0.2) is 0 Å². The Morgan fingerprint density at radius 3 is 2.71 bits per heavy atom. The molecule has 1 N–H and O–H groups in total. The molecule has 0 aliphatic carbocycles. The van der Waals surface area contributed by atoms with Gasteiger partial charge in [-0.3, -0.25) is 4.98 Å². The van der Waals surface area contributed by atoms with E-state index in [0.717, 1.165) is 43.3 Å². The number of pyridine rings is 2. The van der Waals surface area contributed by atoms with Crippen molar-refractivity contribution in [1.82, 2.24) is 15.3 Å². The van der Waals surface area contributed by atoms with Crippen LogP contribution in [0.25, 0.3) is 0 Å². The molecule has 0 aliphatic heterocycles. The van der Waals surface area contributed by atoms with E-state index in [4.69, 9.17) is 4.98 Å². The molecule has 0 saturated carbocycles. The van der Waals surface area contributed by atoms with Crippen molar-refractivity contribution < 1.29 is 0 Å². The highest BCUT2D eigenvalue weighted by Crippen LogP contribution is 2.15. The van der Waals surface area contributed by atoms with Crippen molar-refractivity contribution in [3.05, 3.63) is 53.5 Å². The molecule has 0 atom stereocenters. The molecule has 2 aromatic rings. The van der Waals surface area contributed by atoms with Gasteiger partial charge in [0.2, 0.25) is 0 Å². The minimum absolute atomic E-state index is 0.765. The van der Waals surface area contributed by atoms with E-state index in [2.05, 4.69) is 41.2 Å². The van der Waals surface area contributed by atoms with Crippen molar-refractivity contribution in [1.29, 1.82) is 0 Å². The first-order chi connectivity index (χ1) is 10.2. The number of aromatic nitrogens is 2. The fourth-order valence-corrected chi connectivity index (χ4v) is 2.19. The Balaban J connectivity index is 2.01. The minimum atomic E-state index is 0.765. The van der Waals surface area contributed by atoms with Gasteiger partial charge >= 0.3 is 0 Å². The summed E-state index contributed by atoms with van der Waals surface area (Å²) in [5, 5.41) is 3.42. The maximum atomic E-state index is 4.71. The van der Waals surface area contributed by atoms with Gasteiger partial charge in [0.25, 0.3) is 0 Å². The first kappa shape index (κ1) is 15.4. The third-order valence-corrected chi connectivity index (χ3v) is 3.44. The second-order valence-electron chi connectivity index (χ2n) is 5.27. The van der Waals surface area contributed by atoms with Crippen molar-refractivity contribution >= 4 is 5.82 Å². The predicted octanol–water partition coefficient (Wildman–Crippen LogP) is 2.92. The SMILES string of the molecule is CCCNCc1ccc(N(C)Cc2ccccn2)nc1C. The average Bonchev–Trinajstić information content (AvgIpc) is 2.50. The average molecular weight is 284 g/mol. The van der Waals surface area contributed by atoms with Crippen LogP contribution in [0.1, 0.15) is 30.3 Å². The summed E-state index contributed by atoms with van der Waals surface area (Å²) in [6.45, 7) is 6.94. The van der Waals surface area contributed by atoms with Crippen molar-refractivity contribution in [2.75, 3.05) is 18.5 Å². The summed E-state index contributed by atoms with van der Waals surface area (Å²) in [6.07, 6.45) is 2.97. The lowest BCUT2D eigenvalue weighted by atomic mass is 10.2. The van der Waals surface area contributed by atoms with Crippen LogP contribution in [-0.2, 0) is 13.1 Å². The van der Waals surface area contributed by atoms with E-state index >= 15 is 0 Å². The number of aryl methyl sites for hydroxylation is 1. The lowest BCUT2D eigenvalue weighted by molar-refractivity contribution is 0.670. The van der Waals surface area contributed by atoms with Crippen LogP contribution in [0.3, 0.4) is 0 Å². The molecule has 0 spiro atoms. The zero-order chi connectivity index (χ0) is 15.1. The molecule has 112 valence electrons. The van der Waals surface area contributed by atoms with Gasteiger partial charge in [-0.1, -0.05) is 19.1 Å². The van der Waals surface area contributed by atoms with Gasteiger partial charge < -0.3 is 10.2 Å². The van der Waals surface area contributed by atoms with Crippen molar-refractivity contribution in [3.8, 4) is 0 Å². The number of nitrogens with zero attached hydrogens (tertiary/aromatic N) is 3. The maximum Gasteiger partial charge on any atom is 0.128 e. The van der Waals surface area contributed by atoms with Gasteiger partial charge in [0.05, 0.1) is 12.2 Å². The van der Waals surface area contributed by atoms with Gasteiger partial charge in [-0.2, -0.15) is 0 Å². The number of rotatable bonds is 7. The third-order valence-electron chi connectivity index (χ3n) is 3.44. The van der Waals surface area contributed by atoms with Crippen LogP contribution >= 0.6 is 0 Å². The second kappa shape index (κ2) is 7.74. The van der Waals surface area contributed by atoms with Gasteiger partial charge in [-0.15, -0.1) is 0 Å². The number of hydrogen-bond acceptors (Lipinski definition) is 4. The molecule has 21 heavy (non-hydrogen) atoms. The minimum Gasteiger partial charge on any atom is -0.354 e. The van der Waals surface area contributed by atoms with Gasteiger partial charge in [-0.05, 0) is 43.7 Å². The molecule has 2 rings (SSSR count). The molecule has 0 radical (unpaired) electrons. The monoisotopic (exact) mass is 284 g/mol. The van der Waals surface area contributed by atoms with Crippen LogP contribution in [0.2, 0.25) is 0 Å². The summed E-state index contributed by atoms with van der Waals surface area (Å²) in [5.74, 6) is 0.984. The summed E-state index contributed by atoms with van der Waals surface area (Å²) in [6, 6.07) is 10.2. The second-order valence-corrected chi connectivity index (χ2v) is 5.27. The van der Waals surface area contributed by atoms with E-state index in [0.29, 0.717) is 0 Å². The number of hydrogen-bond donors (Lipinski definition) is 1. The smallest absolute Gasteiger partial charge is 0.128 e. The number of anilines is 1. The van der Waals surface area contributed by atoms with Gasteiger partial charge in [0.1, 0.15) is 5.82 Å². The normalized spacial score (nSPS) is 10.6.